The summed E-state index contributed by atoms with van der Waals surface area (Å²) in [5.41, 5.74) is 2.24. The number of alkyl halides is 3. The van der Waals surface area contributed by atoms with Crippen LogP contribution in [0.1, 0.15) is 38.3 Å². The Morgan fingerprint density at radius 3 is 2.52 bits per heavy atom. The minimum Gasteiger partial charge on any atom is -0.382 e. The van der Waals surface area contributed by atoms with Gasteiger partial charge in [-0.3, -0.25) is 0 Å². The Kier molecular flexibility index (Phi) is 4.30. The summed E-state index contributed by atoms with van der Waals surface area (Å²) in [7, 11) is 0. The lowest BCUT2D eigenvalue weighted by molar-refractivity contribution is -0.140. The first-order valence-corrected chi connectivity index (χ1v) is 8.25. The van der Waals surface area contributed by atoms with Gasteiger partial charge in [0, 0.05) is 22.8 Å². The van der Waals surface area contributed by atoms with E-state index in [1.165, 1.54) is 17.4 Å². The summed E-state index contributed by atoms with van der Waals surface area (Å²) in [6.07, 6.45) is 0.461. The molecule has 0 amide bonds. The van der Waals surface area contributed by atoms with Crippen LogP contribution in [0.3, 0.4) is 0 Å². The quantitative estimate of drug-likeness (QED) is 0.788. The minimum absolute atomic E-state index is 0.420. The topological polar surface area (TPSA) is 17.0 Å². The van der Waals surface area contributed by atoms with Crippen LogP contribution >= 0.6 is 0 Å². The SMILES string of the molecule is Cc1cc2c(NC3CCC(C)CC3)cccc2n1CC(F)(F)F. The van der Waals surface area contributed by atoms with E-state index in [0.717, 1.165) is 29.8 Å². The van der Waals surface area contributed by atoms with E-state index >= 15 is 0 Å². The average molecular weight is 324 g/mol. The van der Waals surface area contributed by atoms with Gasteiger partial charge >= 0.3 is 6.18 Å². The number of hydrogen-bond acceptors (Lipinski definition) is 1. The molecular formula is C18H23F3N2. The Hall–Kier alpha value is -1.65. The van der Waals surface area contributed by atoms with E-state index in [9.17, 15) is 13.2 Å². The van der Waals surface area contributed by atoms with Crippen LogP contribution in [0.5, 0.6) is 0 Å². The second-order valence-corrected chi connectivity index (χ2v) is 6.83. The zero-order chi connectivity index (χ0) is 16.6. The molecular weight excluding hydrogens is 301 g/mol. The average Bonchev–Trinajstić information content (AvgIpc) is 2.77. The summed E-state index contributed by atoms with van der Waals surface area (Å²) in [6, 6.07) is 7.85. The van der Waals surface area contributed by atoms with Gasteiger partial charge in [0.2, 0.25) is 0 Å². The van der Waals surface area contributed by atoms with Gasteiger partial charge in [0.15, 0.2) is 0 Å². The van der Waals surface area contributed by atoms with E-state index < -0.39 is 12.7 Å². The fraction of sp³-hybridized carbons (Fsp3) is 0.556. The number of hydrogen-bond donors (Lipinski definition) is 1. The van der Waals surface area contributed by atoms with Crippen LogP contribution in [0, 0.1) is 12.8 Å². The van der Waals surface area contributed by atoms with Gasteiger partial charge < -0.3 is 9.88 Å². The third-order valence-electron chi connectivity index (χ3n) is 4.87. The number of nitrogens with one attached hydrogen (secondary N) is 1. The van der Waals surface area contributed by atoms with Gasteiger partial charge in [0.1, 0.15) is 6.54 Å². The highest BCUT2D eigenvalue weighted by atomic mass is 19.4. The van der Waals surface area contributed by atoms with Crippen molar-refractivity contribution in [2.24, 2.45) is 5.92 Å². The molecule has 1 fully saturated rings. The molecule has 2 nitrogen and oxygen atoms in total. The summed E-state index contributed by atoms with van der Waals surface area (Å²) in [5, 5.41) is 4.44. The summed E-state index contributed by atoms with van der Waals surface area (Å²) in [4.78, 5) is 0. The highest BCUT2D eigenvalue weighted by molar-refractivity contribution is 5.93. The molecule has 1 aromatic carbocycles. The molecule has 0 saturated heterocycles. The van der Waals surface area contributed by atoms with E-state index in [1.807, 2.05) is 18.2 Å². The molecule has 1 aromatic heterocycles. The maximum atomic E-state index is 12.8. The van der Waals surface area contributed by atoms with Crippen LogP contribution in [0.25, 0.3) is 10.9 Å². The third kappa shape index (κ3) is 3.65. The van der Waals surface area contributed by atoms with E-state index in [1.54, 1.807) is 13.0 Å². The predicted molar refractivity (Wildman–Crippen MR) is 87.8 cm³/mol. The van der Waals surface area contributed by atoms with E-state index in [-0.39, 0.29) is 0 Å². The Morgan fingerprint density at radius 1 is 1.17 bits per heavy atom. The summed E-state index contributed by atoms with van der Waals surface area (Å²) >= 11 is 0. The van der Waals surface area contributed by atoms with Crippen molar-refractivity contribution < 1.29 is 13.2 Å². The smallest absolute Gasteiger partial charge is 0.382 e. The van der Waals surface area contributed by atoms with Crippen molar-refractivity contribution in [3.05, 3.63) is 30.0 Å². The summed E-state index contributed by atoms with van der Waals surface area (Å²) < 4.78 is 39.8. The molecule has 0 spiro atoms. The number of halogens is 3. The molecule has 2 aromatic rings. The molecule has 0 atom stereocenters. The lowest BCUT2D eigenvalue weighted by atomic mass is 9.87. The molecule has 0 aliphatic heterocycles. The second-order valence-electron chi connectivity index (χ2n) is 6.83. The first-order chi connectivity index (χ1) is 10.8. The highest BCUT2D eigenvalue weighted by Gasteiger charge is 2.29. The van der Waals surface area contributed by atoms with Crippen molar-refractivity contribution >= 4 is 16.6 Å². The molecule has 1 saturated carbocycles. The summed E-state index contributed by atoms with van der Waals surface area (Å²) in [6.45, 7) is 3.07. The molecule has 5 heteroatoms. The number of aromatic nitrogens is 1. The largest absolute Gasteiger partial charge is 0.406 e. The Balaban J connectivity index is 1.89. The Morgan fingerprint density at radius 2 is 1.87 bits per heavy atom. The predicted octanol–water partition coefficient (Wildman–Crippen LogP) is 5.50. The van der Waals surface area contributed by atoms with Gasteiger partial charge in [-0.15, -0.1) is 0 Å². The minimum atomic E-state index is -4.21. The maximum absolute atomic E-state index is 12.8. The van der Waals surface area contributed by atoms with Gasteiger partial charge in [-0.05, 0) is 56.7 Å². The van der Waals surface area contributed by atoms with Crippen molar-refractivity contribution in [1.82, 2.24) is 4.57 Å². The lowest BCUT2D eigenvalue weighted by Crippen LogP contribution is -2.25. The first kappa shape index (κ1) is 16.2. The zero-order valence-electron chi connectivity index (χ0n) is 13.6. The van der Waals surface area contributed by atoms with Crippen molar-refractivity contribution in [2.75, 3.05) is 5.32 Å². The van der Waals surface area contributed by atoms with Gasteiger partial charge in [-0.25, -0.2) is 0 Å². The normalized spacial score (nSPS) is 22.5. The second kappa shape index (κ2) is 6.10. The van der Waals surface area contributed by atoms with E-state index in [4.69, 9.17) is 0 Å². The number of fused-ring (bicyclic) bond motifs is 1. The van der Waals surface area contributed by atoms with Gasteiger partial charge in [0.25, 0.3) is 0 Å². The fourth-order valence-electron chi connectivity index (χ4n) is 3.56. The zero-order valence-corrected chi connectivity index (χ0v) is 13.6. The highest BCUT2D eigenvalue weighted by Crippen LogP contribution is 2.32. The molecule has 1 heterocycles. The first-order valence-electron chi connectivity index (χ1n) is 8.25. The van der Waals surface area contributed by atoms with Crippen molar-refractivity contribution in [3.63, 3.8) is 0 Å². The van der Waals surface area contributed by atoms with Gasteiger partial charge in [-0.2, -0.15) is 13.2 Å². The Labute approximate surface area is 134 Å². The molecule has 0 bridgehead atoms. The molecule has 3 rings (SSSR count). The van der Waals surface area contributed by atoms with Crippen molar-refractivity contribution in [1.29, 1.82) is 0 Å². The summed E-state index contributed by atoms with van der Waals surface area (Å²) in [5.74, 6) is 0.777. The number of anilines is 1. The van der Waals surface area contributed by atoms with Crippen molar-refractivity contribution in [2.45, 2.75) is 58.3 Å². The number of benzene rings is 1. The molecule has 1 aliphatic carbocycles. The fourth-order valence-corrected chi connectivity index (χ4v) is 3.56. The number of nitrogens with zero attached hydrogens (tertiary/aromatic N) is 1. The van der Waals surface area contributed by atoms with Crippen LogP contribution in [-0.4, -0.2) is 16.8 Å². The maximum Gasteiger partial charge on any atom is 0.406 e. The van der Waals surface area contributed by atoms with Gasteiger partial charge in [-0.1, -0.05) is 13.0 Å². The molecule has 23 heavy (non-hydrogen) atoms. The molecule has 1 aliphatic rings. The van der Waals surface area contributed by atoms with E-state index in [2.05, 4.69) is 12.2 Å². The third-order valence-corrected chi connectivity index (χ3v) is 4.87. The van der Waals surface area contributed by atoms with Crippen molar-refractivity contribution in [3.8, 4) is 0 Å². The lowest BCUT2D eigenvalue weighted by Gasteiger charge is -2.28. The van der Waals surface area contributed by atoms with Crippen LogP contribution < -0.4 is 5.32 Å². The van der Waals surface area contributed by atoms with Crippen LogP contribution in [0.2, 0.25) is 0 Å². The van der Waals surface area contributed by atoms with E-state index in [0.29, 0.717) is 17.3 Å². The van der Waals surface area contributed by atoms with Crippen LogP contribution in [0.15, 0.2) is 24.3 Å². The van der Waals surface area contributed by atoms with Crippen LogP contribution in [0.4, 0.5) is 18.9 Å². The van der Waals surface area contributed by atoms with Crippen LogP contribution in [-0.2, 0) is 6.54 Å². The Bertz CT molecular complexity index is 679. The number of rotatable bonds is 3. The standard InChI is InChI=1S/C18H23F3N2/c1-12-6-8-14(9-7-12)22-16-4-3-5-17-15(16)10-13(2)23(17)11-18(19,20)21/h3-5,10,12,14,22H,6-9,11H2,1-2H3. The number of aryl methyl sites for hydroxylation is 1. The molecule has 0 unspecified atom stereocenters. The molecule has 1 N–H and O–H groups in total. The molecule has 0 radical (unpaired) electrons. The van der Waals surface area contributed by atoms with Gasteiger partial charge in [0.05, 0.1) is 5.52 Å². The monoisotopic (exact) mass is 324 g/mol. The molecule has 126 valence electrons.